The van der Waals surface area contributed by atoms with Gasteiger partial charge < -0.3 is 5.11 Å². The van der Waals surface area contributed by atoms with Gasteiger partial charge in [0.05, 0.1) is 22.3 Å². The maximum Gasteiger partial charge on any atom is 0.148 e. The molecule has 0 amide bonds. The third-order valence-electron chi connectivity index (χ3n) is 15.6. The fourth-order valence-corrected chi connectivity index (χ4v) is 10.1. The van der Waals surface area contributed by atoms with Crippen molar-refractivity contribution in [1.82, 2.24) is 14.5 Å². The van der Waals surface area contributed by atoms with E-state index >= 15 is 0 Å². The van der Waals surface area contributed by atoms with Gasteiger partial charge in [0.1, 0.15) is 11.6 Å². The zero-order chi connectivity index (χ0) is 52.1. The molecule has 0 radical (unpaired) electrons. The van der Waals surface area contributed by atoms with Crippen LogP contribution >= 0.6 is 0 Å². The molecule has 0 saturated heterocycles. The number of pyridine rings is 1. The van der Waals surface area contributed by atoms with E-state index < -0.39 is 6.85 Å². The van der Waals surface area contributed by atoms with Crippen LogP contribution in [-0.2, 0) is 37.3 Å². The van der Waals surface area contributed by atoms with E-state index in [1.54, 1.807) is 0 Å². The number of para-hydroxylation sites is 1. The van der Waals surface area contributed by atoms with Crippen LogP contribution in [0.3, 0.4) is 0 Å². The third-order valence-corrected chi connectivity index (χ3v) is 15.6. The van der Waals surface area contributed by atoms with Crippen molar-refractivity contribution in [3.63, 3.8) is 0 Å². The fourth-order valence-electron chi connectivity index (χ4n) is 10.1. The Balaban J connectivity index is 0.00000780. The van der Waals surface area contributed by atoms with Crippen molar-refractivity contribution in [1.29, 1.82) is 0 Å². The summed E-state index contributed by atoms with van der Waals surface area (Å²) in [6.07, 6.45) is 5.63. The maximum absolute atomic E-state index is 12.4. The summed E-state index contributed by atoms with van der Waals surface area (Å²) in [4.78, 5) is 10.5. The smallest absolute Gasteiger partial charge is 0.148 e. The van der Waals surface area contributed by atoms with Crippen LogP contribution in [0.4, 0.5) is 0 Å². The minimum absolute atomic E-state index is 0. The van der Waals surface area contributed by atoms with Crippen LogP contribution in [0.25, 0.3) is 72.7 Å². The van der Waals surface area contributed by atoms with Gasteiger partial charge in [-0.25, -0.2) is 4.98 Å². The van der Waals surface area contributed by atoms with Gasteiger partial charge in [-0.1, -0.05) is 180 Å². The zero-order valence-corrected chi connectivity index (χ0v) is 46.0. The van der Waals surface area contributed by atoms with Gasteiger partial charge in [0.25, 0.3) is 0 Å². The second-order valence-electron chi connectivity index (χ2n) is 21.5. The second kappa shape index (κ2) is 20.6. The number of phenolic OH excluding ortho intramolecular Hbond substituents is 1. The summed E-state index contributed by atoms with van der Waals surface area (Å²) in [5.74, 6) is 0.774. The van der Waals surface area contributed by atoms with E-state index in [0.717, 1.165) is 92.5 Å². The fraction of sp³-hybridized carbons (Fsp3) is 0.354. The van der Waals surface area contributed by atoms with Crippen molar-refractivity contribution < 1.29 is 30.3 Å². The molecule has 2 heterocycles. The van der Waals surface area contributed by atoms with E-state index in [1.807, 2.05) is 65.4 Å². The normalized spacial score (nSPS) is 13.1. The van der Waals surface area contributed by atoms with E-state index in [9.17, 15) is 9.22 Å². The predicted octanol–water partition coefficient (Wildman–Crippen LogP) is 18.3. The number of fused-ring (bicyclic) bond motifs is 1. The molecule has 4 nitrogen and oxygen atoms in total. The molecule has 0 atom stereocenters. The minimum Gasteiger partial charge on any atom is -0.507 e. The molecule has 2 aromatic heterocycles. The standard InChI is InChI=1S/C65H74N3O.Pt/c1-15-64(13,16-2)54-27-23-28-55(65(14,17-3)18-4)59(54)46-30-31-57(43(9)34-46)68-58-29-22-26-51(60(58)67-62(68)53-39-47(41(5)6)38-52(42(7)8)61(53)69)48-35-49(37-50(36-48)63(10,11)12)56-40-45(32-33-66-56)44-24-20-19-21-25-44;/h19-34,36-42,69H,15-18H2,1-14H3;/q-1;/i9D3;. The Bertz CT molecular complexity index is 3220. The van der Waals surface area contributed by atoms with Crippen molar-refractivity contribution in [3.8, 4) is 67.5 Å². The number of aromatic hydroxyl groups is 1. The molecular weight excluding hydrogens is 1030 g/mol. The Labute approximate surface area is 438 Å². The zero-order valence-electron chi connectivity index (χ0n) is 46.7. The largest absolute Gasteiger partial charge is 0.507 e. The first-order chi connectivity index (χ1) is 34.1. The van der Waals surface area contributed by atoms with Gasteiger partial charge in [0, 0.05) is 37.1 Å². The van der Waals surface area contributed by atoms with Gasteiger partial charge in [0.15, 0.2) is 0 Å². The van der Waals surface area contributed by atoms with Gasteiger partial charge in [0.2, 0.25) is 0 Å². The summed E-state index contributed by atoms with van der Waals surface area (Å²) in [6.45, 7) is 26.3. The van der Waals surface area contributed by atoms with Crippen molar-refractivity contribution in [2.75, 3.05) is 0 Å². The molecule has 0 aliphatic carbocycles. The number of benzene rings is 6. The maximum atomic E-state index is 12.4. The molecule has 6 aromatic carbocycles. The molecular formula is C65H74N3OPt-. The summed E-state index contributed by atoms with van der Waals surface area (Å²) in [5.41, 5.74) is 15.2. The van der Waals surface area contributed by atoms with Gasteiger partial charge in [-0.15, -0.1) is 29.3 Å². The topological polar surface area (TPSA) is 50.9 Å². The van der Waals surface area contributed by atoms with Gasteiger partial charge >= 0.3 is 0 Å². The first-order valence-corrected chi connectivity index (χ1v) is 25.3. The van der Waals surface area contributed by atoms with Crippen molar-refractivity contribution >= 4 is 11.0 Å². The number of hydrogen-bond donors (Lipinski definition) is 1. The number of hydrogen-bond acceptors (Lipinski definition) is 3. The van der Waals surface area contributed by atoms with Crippen LogP contribution in [0, 0.1) is 12.9 Å². The van der Waals surface area contributed by atoms with Crippen LogP contribution in [0.1, 0.15) is 165 Å². The van der Waals surface area contributed by atoms with Crippen molar-refractivity contribution in [2.24, 2.45) is 0 Å². The number of rotatable bonds is 14. The minimum atomic E-state index is -2.53. The molecule has 8 aromatic rings. The predicted molar refractivity (Wildman–Crippen MR) is 294 cm³/mol. The van der Waals surface area contributed by atoms with Gasteiger partial charge in [-0.3, -0.25) is 9.55 Å². The Morgan fingerprint density at radius 1 is 0.643 bits per heavy atom. The SMILES string of the molecule is [2H]C([2H])([2H])c1cc(-c2c(C(C)(CC)CC)cccc2C(C)(CC)CC)ccc1-n1c(-c2cc(C(C)C)cc(C(C)C)c2O)nc2c(-c3[c-]c(-c4cc(-c5ccccc5)ccn4)cc(C(C)(C)C)c3)cccc21.[Pt]. The molecule has 0 fully saturated rings. The average Bonchev–Trinajstić information content (AvgIpc) is 3.76. The molecule has 8 rings (SSSR count). The van der Waals surface area contributed by atoms with Gasteiger partial charge in [-0.05, 0) is 141 Å². The summed E-state index contributed by atoms with van der Waals surface area (Å²) in [6, 6.07) is 45.7. The summed E-state index contributed by atoms with van der Waals surface area (Å²) < 4.78 is 30.0. The number of imidazole rings is 1. The summed E-state index contributed by atoms with van der Waals surface area (Å²) >= 11 is 0. The van der Waals surface area contributed by atoms with Crippen LogP contribution < -0.4 is 0 Å². The van der Waals surface area contributed by atoms with E-state index in [0.29, 0.717) is 22.6 Å². The molecule has 1 N–H and O–H groups in total. The quantitative estimate of drug-likeness (QED) is 0.110. The molecule has 0 saturated carbocycles. The number of phenols is 1. The molecule has 70 heavy (non-hydrogen) atoms. The summed E-state index contributed by atoms with van der Waals surface area (Å²) in [7, 11) is 0. The number of aryl methyl sites for hydroxylation is 1. The van der Waals surface area contributed by atoms with E-state index in [-0.39, 0.29) is 60.5 Å². The molecule has 0 bridgehead atoms. The van der Waals surface area contributed by atoms with Crippen LogP contribution in [0.15, 0.2) is 128 Å². The first-order valence-electron chi connectivity index (χ1n) is 26.8. The number of aromatic nitrogens is 3. The number of nitrogens with zero attached hydrogens (tertiary/aromatic N) is 3. The Hall–Kier alpha value is -5.57. The second-order valence-corrected chi connectivity index (χ2v) is 21.5. The van der Waals surface area contributed by atoms with Crippen molar-refractivity contribution in [2.45, 2.75) is 151 Å². The molecule has 0 aliphatic heterocycles. The van der Waals surface area contributed by atoms with E-state index in [4.69, 9.17) is 9.97 Å². The van der Waals surface area contributed by atoms with Crippen LogP contribution in [-0.4, -0.2) is 19.6 Å². The van der Waals surface area contributed by atoms with Crippen molar-refractivity contribution in [3.05, 3.63) is 167 Å². The molecule has 5 heteroatoms. The molecule has 0 spiro atoms. The Morgan fingerprint density at radius 2 is 1.29 bits per heavy atom. The van der Waals surface area contributed by atoms with Gasteiger partial charge in [-0.2, -0.15) is 0 Å². The summed E-state index contributed by atoms with van der Waals surface area (Å²) in [5, 5.41) is 12.4. The van der Waals surface area contributed by atoms with E-state index in [2.05, 4.69) is 163 Å². The van der Waals surface area contributed by atoms with Crippen LogP contribution in [0.5, 0.6) is 5.75 Å². The van der Waals surface area contributed by atoms with E-state index in [1.165, 1.54) is 11.1 Å². The molecule has 366 valence electrons. The monoisotopic (exact) mass is 1110 g/mol. The van der Waals surface area contributed by atoms with Crippen LogP contribution in [0.2, 0.25) is 0 Å². The average molecular weight is 1110 g/mol. The molecule has 0 unspecified atom stereocenters. The first kappa shape index (κ1) is 48.1. The third kappa shape index (κ3) is 9.75. The Morgan fingerprint density at radius 3 is 1.89 bits per heavy atom. The molecule has 0 aliphatic rings. The Kier molecular flexibility index (Phi) is 14.2.